The van der Waals surface area contributed by atoms with Crippen LogP contribution in [-0.2, 0) is 6.54 Å². The Balaban J connectivity index is 1.88. The molecular formula is C11H13N7O. The molecule has 2 N–H and O–H groups in total. The quantitative estimate of drug-likeness (QED) is 0.696. The van der Waals surface area contributed by atoms with Crippen molar-refractivity contribution < 1.29 is 0 Å². The summed E-state index contributed by atoms with van der Waals surface area (Å²) in [5, 5.41) is 15.0. The zero-order chi connectivity index (χ0) is 13.2. The number of hydrogen-bond acceptors (Lipinski definition) is 6. The molecule has 1 aliphatic rings. The van der Waals surface area contributed by atoms with Gasteiger partial charge in [-0.05, 0) is 0 Å². The van der Waals surface area contributed by atoms with Crippen molar-refractivity contribution in [2.45, 2.75) is 12.6 Å². The van der Waals surface area contributed by atoms with Crippen LogP contribution in [0.2, 0.25) is 0 Å². The first kappa shape index (κ1) is 11.8. The van der Waals surface area contributed by atoms with Crippen molar-refractivity contribution >= 4 is 5.78 Å². The number of fused-ring (bicyclic) bond motifs is 1. The van der Waals surface area contributed by atoms with E-state index >= 15 is 0 Å². The second-order valence-corrected chi connectivity index (χ2v) is 4.43. The number of aromatic amines is 1. The predicted molar refractivity (Wildman–Crippen MR) is 66.3 cm³/mol. The van der Waals surface area contributed by atoms with Gasteiger partial charge in [-0.2, -0.15) is 9.78 Å². The highest BCUT2D eigenvalue weighted by Gasteiger charge is 2.22. The fourth-order valence-electron chi connectivity index (χ4n) is 2.22. The average molecular weight is 259 g/mol. The van der Waals surface area contributed by atoms with E-state index < -0.39 is 0 Å². The van der Waals surface area contributed by atoms with E-state index in [-0.39, 0.29) is 11.6 Å². The maximum absolute atomic E-state index is 11.8. The van der Waals surface area contributed by atoms with E-state index in [9.17, 15) is 4.79 Å². The van der Waals surface area contributed by atoms with Gasteiger partial charge < -0.3 is 5.32 Å². The number of H-pyrrole nitrogens is 1. The molecule has 0 bridgehead atoms. The molecule has 3 rings (SSSR count). The topological polar surface area (TPSA) is 102 Å². The lowest BCUT2D eigenvalue weighted by atomic mass is 10.2. The molecule has 98 valence electrons. The van der Waals surface area contributed by atoms with E-state index in [4.69, 9.17) is 5.26 Å². The highest BCUT2D eigenvalue weighted by molar-refractivity contribution is 5.26. The van der Waals surface area contributed by atoms with E-state index in [1.165, 1.54) is 16.9 Å². The Hall–Kier alpha value is -2.24. The van der Waals surface area contributed by atoms with Crippen LogP contribution in [0.5, 0.6) is 0 Å². The second kappa shape index (κ2) is 4.79. The monoisotopic (exact) mass is 259 g/mol. The standard InChI is InChI=1S/C11H13N7O/c12-4-9-5-13-1-2-17(9)6-8-3-10(19)18-11(16-8)14-7-15-18/h3,7,9,13H,1-2,5-6H2,(H,14,15,16). The van der Waals surface area contributed by atoms with Crippen molar-refractivity contribution in [2.75, 3.05) is 19.6 Å². The van der Waals surface area contributed by atoms with Gasteiger partial charge in [0.05, 0.1) is 11.8 Å². The minimum absolute atomic E-state index is 0.187. The summed E-state index contributed by atoms with van der Waals surface area (Å²) in [5.41, 5.74) is 0.445. The third kappa shape index (κ3) is 2.21. The minimum atomic E-state index is -0.193. The first-order valence-corrected chi connectivity index (χ1v) is 6.04. The van der Waals surface area contributed by atoms with Gasteiger partial charge in [-0.1, -0.05) is 0 Å². The van der Waals surface area contributed by atoms with Crippen LogP contribution in [0.3, 0.4) is 0 Å². The van der Waals surface area contributed by atoms with Crippen LogP contribution in [0.1, 0.15) is 5.69 Å². The molecule has 1 aliphatic heterocycles. The van der Waals surface area contributed by atoms with Gasteiger partial charge >= 0.3 is 0 Å². The lowest BCUT2D eigenvalue weighted by Crippen LogP contribution is -2.50. The predicted octanol–water partition coefficient (Wildman–Crippen LogP) is -1.29. The first-order chi connectivity index (χ1) is 9.28. The van der Waals surface area contributed by atoms with Gasteiger partial charge in [0, 0.05) is 32.2 Å². The van der Waals surface area contributed by atoms with Crippen molar-refractivity contribution in [1.82, 2.24) is 29.8 Å². The number of nitrogens with one attached hydrogen (secondary N) is 2. The molecule has 8 nitrogen and oxygen atoms in total. The zero-order valence-corrected chi connectivity index (χ0v) is 10.2. The summed E-state index contributed by atoms with van der Waals surface area (Å²) in [6, 6.07) is 3.54. The Bertz CT molecular complexity index is 682. The largest absolute Gasteiger partial charge is 0.313 e. The molecule has 1 fully saturated rings. The molecule has 1 unspecified atom stereocenters. The Kier molecular flexibility index (Phi) is 2.98. The summed E-state index contributed by atoms with van der Waals surface area (Å²) in [6.07, 6.45) is 1.43. The number of nitriles is 1. The molecule has 0 spiro atoms. The smallest absolute Gasteiger partial charge is 0.274 e. The maximum Gasteiger partial charge on any atom is 0.274 e. The van der Waals surface area contributed by atoms with Gasteiger partial charge in [0.25, 0.3) is 11.3 Å². The van der Waals surface area contributed by atoms with Crippen LogP contribution in [0, 0.1) is 11.3 Å². The number of hydrogen-bond donors (Lipinski definition) is 2. The molecule has 0 amide bonds. The SMILES string of the molecule is N#CC1CNCCN1Cc1cc(=O)n2[nH]cnc2n1. The Morgan fingerprint density at radius 2 is 2.47 bits per heavy atom. The van der Waals surface area contributed by atoms with E-state index in [0.717, 1.165) is 13.1 Å². The van der Waals surface area contributed by atoms with Crippen molar-refractivity contribution in [1.29, 1.82) is 5.26 Å². The summed E-state index contributed by atoms with van der Waals surface area (Å²) in [5.74, 6) is 0.353. The molecule has 1 saturated heterocycles. The van der Waals surface area contributed by atoms with Crippen molar-refractivity contribution in [2.24, 2.45) is 0 Å². The van der Waals surface area contributed by atoms with Gasteiger partial charge in [0.1, 0.15) is 12.4 Å². The molecular weight excluding hydrogens is 246 g/mol. The van der Waals surface area contributed by atoms with Gasteiger partial charge in [-0.3, -0.25) is 14.8 Å². The summed E-state index contributed by atoms with van der Waals surface area (Å²) >= 11 is 0. The zero-order valence-electron chi connectivity index (χ0n) is 10.2. The molecule has 0 radical (unpaired) electrons. The normalized spacial score (nSPS) is 20.5. The lowest BCUT2D eigenvalue weighted by Gasteiger charge is -2.31. The molecule has 8 heteroatoms. The third-order valence-electron chi connectivity index (χ3n) is 3.19. The van der Waals surface area contributed by atoms with Crippen molar-refractivity contribution in [3.8, 4) is 6.07 Å². The third-order valence-corrected chi connectivity index (χ3v) is 3.19. The van der Waals surface area contributed by atoms with Gasteiger partial charge in [0.2, 0.25) is 0 Å². The van der Waals surface area contributed by atoms with Gasteiger partial charge in [-0.25, -0.2) is 9.97 Å². The molecule has 2 aromatic heterocycles. The summed E-state index contributed by atoms with van der Waals surface area (Å²) in [7, 11) is 0. The maximum atomic E-state index is 11.8. The highest BCUT2D eigenvalue weighted by atomic mass is 16.1. The molecule has 0 aliphatic carbocycles. The fourth-order valence-corrected chi connectivity index (χ4v) is 2.22. The van der Waals surface area contributed by atoms with E-state index in [1.54, 1.807) is 0 Å². The molecule has 2 aromatic rings. The Labute approximate surface area is 108 Å². The number of nitrogens with zero attached hydrogens (tertiary/aromatic N) is 5. The molecule has 0 saturated carbocycles. The Morgan fingerprint density at radius 3 is 3.32 bits per heavy atom. The number of rotatable bonds is 2. The average Bonchev–Trinajstić information content (AvgIpc) is 2.88. The summed E-state index contributed by atoms with van der Waals surface area (Å²) in [4.78, 5) is 22.1. The van der Waals surface area contributed by atoms with Crippen LogP contribution in [0.25, 0.3) is 5.78 Å². The van der Waals surface area contributed by atoms with Gasteiger partial charge in [-0.15, -0.1) is 0 Å². The highest BCUT2D eigenvalue weighted by Crippen LogP contribution is 2.07. The Morgan fingerprint density at radius 1 is 1.58 bits per heavy atom. The van der Waals surface area contributed by atoms with Crippen molar-refractivity contribution in [3.05, 3.63) is 28.4 Å². The van der Waals surface area contributed by atoms with Crippen molar-refractivity contribution in [3.63, 3.8) is 0 Å². The van der Waals surface area contributed by atoms with E-state index in [1.807, 2.05) is 4.90 Å². The van der Waals surface area contributed by atoms with Crippen LogP contribution >= 0.6 is 0 Å². The van der Waals surface area contributed by atoms with E-state index in [0.29, 0.717) is 24.6 Å². The lowest BCUT2D eigenvalue weighted by molar-refractivity contribution is 0.187. The first-order valence-electron chi connectivity index (χ1n) is 6.04. The number of piperazine rings is 1. The molecule has 3 heterocycles. The van der Waals surface area contributed by atoms with Crippen LogP contribution in [0.15, 0.2) is 17.2 Å². The molecule has 1 atom stereocenters. The van der Waals surface area contributed by atoms with E-state index in [2.05, 4.69) is 26.5 Å². The molecule has 0 aromatic carbocycles. The van der Waals surface area contributed by atoms with Crippen LogP contribution in [-0.4, -0.2) is 50.2 Å². The minimum Gasteiger partial charge on any atom is -0.313 e. The summed E-state index contributed by atoms with van der Waals surface area (Å²) < 4.78 is 1.28. The van der Waals surface area contributed by atoms with Crippen LogP contribution in [0.4, 0.5) is 0 Å². The fraction of sp³-hybridized carbons (Fsp3) is 0.455. The second-order valence-electron chi connectivity index (χ2n) is 4.43. The van der Waals surface area contributed by atoms with Gasteiger partial charge in [0.15, 0.2) is 0 Å². The molecule has 19 heavy (non-hydrogen) atoms. The number of aromatic nitrogens is 4. The summed E-state index contributed by atoms with van der Waals surface area (Å²) in [6.45, 7) is 2.72. The van der Waals surface area contributed by atoms with Crippen LogP contribution < -0.4 is 10.9 Å².